The third-order valence-corrected chi connectivity index (χ3v) is 4.76. The molecule has 1 nitrogen and oxygen atoms in total. The molecule has 2 rings (SSSR count). The smallest absolute Gasteiger partial charge is 0.0409 e. The molecule has 1 aliphatic rings. The van der Waals surface area contributed by atoms with E-state index in [-0.39, 0.29) is 5.54 Å². The topological polar surface area (TPSA) is 26.0 Å². The predicted octanol–water partition coefficient (Wildman–Crippen LogP) is 4.78. The maximum atomic E-state index is 6.77. The van der Waals surface area contributed by atoms with Crippen LogP contribution in [0.25, 0.3) is 0 Å². The Bertz CT molecular complexity index is 421. The maximum absolute atomic E-state index is 6.77. The highest BCUT2D eigenvalue weighted by Gasteiger charge is 2.33. The molecule has 1 heteroatoms. The largest absolute Gasteiger partial charge is 0.321 e. The molecule has 1 fully saturated rings. The van der Waals surface area contributed by atoms with Crippen molar-refractivity contribution in [2.75, 3.05) is 0 Å². The van der Waals surface area contributed by atoms with Gasteiger partial charge in [-0.3, -0.25) is 0 Å². The summed E-state index contributed by atoms with van der Waals surface area (Å²) in [5.74, 6) is 0. The molecular formula is C18H29N. The average molecular weight is 259 g/mol. The summed E-state index contributed by atoms with van der Waals surface area (Å²) in [6.45, 7) is 7.00. The molecule has 106 valence electrons. The molecule has 0 saturated heterocycles. The lowest BCUT2D eigenvalue weighted by atomic mass is 9.80. The van der Waals surface area contributed by atoms with Gasteiger partial charge in [0, 0.05) is 5.54 Å². The van der Waals surface area contributed by atoms with Gasteiger partial charge >= 0.3 is 0 Å². The van der Waals surface area contributed by atoms with Crippen molar-refractivity contribution in [3.05, 3.63) is 35.4 Å². The summed E-state index contributed by atoms with van der Waals surface area (Å²) in [6, 6.07) is 9.00. The Morgan fingerprint density at radius 3 is 2.63 bits per heavy atom. The Labute approximate surface area is 118 Å². The predicted molar refractivity (Wildman–Crippen MR) is 83.2 cm³/mol. The molecular weight excluding hydrogens is 230 g/mol. The highest BCUT2D eigenvalue weighted by molar-refractivity contribution is 5.30. The minimum absolute atomic E-state index is 0.0997. The van der Waals surface area contributed by atoms with E-state index in [0.717, 1.165) is 19.3 Å². The number of hydrogen-bond acceptors (Lipinski definition) is 1. The monoisotopic (exact) mass is 259 g/mol. The summed E-state index contributed by atoms with van der Waals surface area (Å²) in [4.78, 5) is 0. The van der Waals surface area contributed by atoms with Gasteiger partial charge in [0.05, 0.1) is 0 Å². The van der Waals surface area contributed by atoms with Crippen LogP contribution >= 0.6 is 0 Å². The molecule has 1 unspecified atom stereocenters. The molecule has 0 aliphatic heterocycles. The second kappa shape index (κ2) is 5.66. The lowest BCUT2D eigenvalue weighted by molar-refractivity contribution is 0.299. The molecule has 1 aliphatic carbocycles. The second-order valence-electron chi connectivity index (χ2n) is 7.12. The molecule has 0 spiro atoms. The highest BCUT2D eigenvalue weighted by atomic mass is 14.7. The highest BCUT2D eigenvalue weighted by Crippen LogP contribution is 2.41. The molecule has 1 aromatic rings. The van der Waals surface area contributed by atoms with E-state index in [4.69, 9.17) is 5.73 Å². The van der Waals surface area contributed by atoms with Crippen LogP contribution in [0.15, 0.2) is 24.3 Å². The third-order valence-electron chi connectivity index (χ3n) is 4.76. The van der Waals surface area contributed by atoms with Crippen molar-refractivity contribution in [3.8, 4) is 0 Å². The van der Waals surface area contributed by atoms with Crippen LogP contribution < -0.4 is 5.73 Å². The Morgan fingerprint density at radius 1 is 1.11 bits per heavy atom. The first-order valence-corrected chi connectivity index (χ1v) is 7.83. The number of rotatable bonds is 3. The van der Waals surface area contributed by atoms with Crippen molar-refractivity contribution >= 4 is 0 Å². The van der Waals surface area contributed by atoms with Gasteiger partial charge in [-0.2, -0.15) is 0 Å². The molecule has 0 radical (unpaired) electrons. The van der Waals surface area contributed by atoms with Crippen LogP contribution in [0.1, 0.15) is 70.4 Å². The first-order valence-electron chi connectivity index (χ1n) is 7.83. The summed E-state index contributed by atoms with van der Waals surface area (Å²) in [6.07, 6.45) is 8.41. The first-order chi connectivity index (χ1) is 8.95. The fraction of sp³-hybridized carbons (Fsp3) is 0.667. The average Bonchev–Trinajstić information content (AvgIpc) is 2.50. The lowest BCUT2D eigenvalue weighted by Crippen LogP contribution is -2.36. The number of aryl methyl sites for hydroxylation is 1. The van der Waals surface area contributed by atoms with Crippen molar-refractivity contribution in [1.29, 1.82) is 0 Å². The van der Waals surface area contributed by atoms with Crippen LogP contribution in [0.2, 0.25) is 0 Å². The molecule has 0 amide bonds. The summed E-state index contributed by atoms with van der Waals surface area (Å²) in [7, 11) is 0. The van der Waals surface area contributed by atoms with E-state index < -0.39 is 0 Å². The summed E-state index contributed by atoms with van der Waals surface area (Å²) >= 11 is 0. The summed E-state index contributed by atoms with van der Waals surface area (Å²) < 4.78 is 0. The zero-order valence-electron chi connectivity index (χ0n) is 12.8. The summed E-state index contributed by atoms with van der Waals surface area (Å²) in [5, 5.41) is 0. The molecule has 1 saturated carbocycles. The summed E-state index contributed by atoms with van der Waals surface area (Å²) in [5.41, 5.74) is 9.92. The molecule has 19 heavy (non-hydrogen) atoms. The van der Waals surface area contributed by atoms with Crippen molar-refractivity contribution < 1.29 is 0 Å². The van der Waals surface area contributed by atoms with E-state index in [1.807, 2.05) is 0 Å². The van der Waals surface area contributed by atoms with Crippen molar-refractivity contribution in [3.63, 3.8) is 0 Å². The van der Waals surface area contributed by atoms with Gasteiger partial charge in [-0.25, -0.2) is 0 Å². The minimum Gasteiger partial charge on any atom is -0.321 e. The van der Waals surface area contributed by atoms with E-state index >= 15 is 0 Å². The van der Waals surface area contributed by atoms with E-state index in [9.17, 15) is 0 Å². The normalized spacial score (nSPS) is 26.9. The van der Waals surface area contributed by atoms with Crippen LogP contribution in [-0.2, 0) is 12.0 Å². The van der Waals surface area contributed by atoms with Crippen LogP contribution in [-0.4, -0.2) is 0 Å². The Kier molecular flexibility index (Phi) is 4.35. The van der Waals surface area contributed by atoms with Crippen LogP contribution in [0.3, 0.4) is 0 Å². The van der Waals surface area contributed by atoms with Gasteiger partial charge < -0.3 is 5.73 Å². The molecule has 2 N–H and O–H groups in total. The Morgan fingerprint density at radius 2 is 1.89 bits per heavy atom. The van der Waals surface area contributed by atoms with Gasteiger partial charge in [0.1, 0.15) is 0 Å². The Balaban J connectivity index is 2.21. The molecule has 0 bridgehead atoms. The van der Waals surface area contributed by atoms with Crippen molar-refractivity contribution in [1.82, 2.24) is 0 Å². The molecule has 1 atom stereocenters. The van der Waals surface area contributed by atoms with Gasteiger partial charge in [-0.15, -0.1) is 0 Å². The quantitative estimate of drug-likeness (QED) is 0.776. The van der Waals surface area contributed by atoms with E-state index in [0.29, 0.717) is 5.41 Å². The number of benzene rings is 1. The maximum Gasteiger partial charge on any atom is 0.0409 e. The van der Waals surface area contributed by atoms with Crippen molar-refractivity contribution in [2.24, 2.45) is 11.1 Å². The van der Waals surface area contributed by atoms with Gasteiger partial charge in [0.2, 0.25) is 0 Å². The van der Waals surface area contributed by atoms with Crippen LogP contribution in [0.5, 0.6) is 0 Å². The number of nitrogens with two attached hydrogens (primary N) is 1. The first kappa shape index (κ1) is 14.6. The molecule has 1 aromatic carbocycles. The fourth-order valence-electron chi connectivity index (χ4n) is 3.31. The third kappa shape index (κ3) is 3.60. The standard InChI is InChI=1S/C18H29N/c1-4-7-15-8-5-9-16(14-15)18(19)11-6-10-17(2,3)12-13-18/h5,8-9,14H,4,6-7,10-13,19H2,1-3H3. The van der Waals surface area contributed by atoms with E-state index in [2.05, 4.69) is 45.0 Å². The van der Waals surface area contributed by atoms with E-state index in [1.165, 1.54) is 36.8 Å². The van der Waals surface area contributed by atoms with Crippen LogP contribution in [0.4, 0.5) is 0 Å². The second-order valence-corrected chi connectivity index (χ2v) is 7.12. The lowest BCUT2D eigenvalue weighted by Gasteiger charge is -2.30. The molecule has 0 heterocycles. The minimum atomic E-state index is -0.0997. The number of hydrogen-bond donors (Lipinski definition) is 1. The van der Waals surface area contributed by atoms with Crippen LogP contribution in [0, 0.1) is 5.41 Å². The molecule has 0 aromatic heterocycles. The van der Waals surface area contributed by atoms with Gasteiger partial charge in [0.25, 0.3) is 0 Å². The van der Waals surface area contributed by atoms with Crippen molar-refractivity contribution in [2.45, 2.75) is 71.3 Å². The SMILES string of the molecule is CCCc1cccc(C2(N)CCCC(C)(C)CC2)c1. The Hall–Kier alpha value is -0.820. The van der Waals surface area contributed by atoms with Gasteiger partial charge in [-0.05, 0) is 48.6 Å². The van der Waals surface area contributed by atoms with E-state index in [1.54, 1.807) is 0 Å². The van der Waals surface area contributed by atoms with Gasteiger partial charge in [-0.1, -0.05) is 57.9 Å². The fourth-order valence-corrected chi connectivity index (χ4v) is 3.31. The van der Waals surface area contributed by atoms with Gasteiger partial charge in [0.15, 0.2) is 0 Å². The zero-order chi connectivity index (χ0) is 13.9. The zero-order valence-corrected chi connectivity index (χ0v) is 12.8.